The molecule has 0 saturated carbocycles. The van der Waals surface area contributed by atoms with Crippen molar-refractivity contribution in [2.24, 2.45) is 0 Å². The summed E-state index contributed by atoms with van der Waals surface area (Å²) in [5, 5.41) is 7.61. The third-order valence-electron chi connectivity index (χ3n) is 3.30. The first-order valence-electron chi connectivity index (χ1n) is 6.32. The lowest BCUT2D eigenvalue weighted by Crippen LogP contribution is -2.35. The molecule has 1 amide bonds. The van der Waals surface area contributed by atoms with Gasteiger partial charge in [0.25, 0.3) is 0 Å². The number of hydrogen-bond donors (Lipinski definition) is 2. The Bertz CT molecular complexity index is 623. The van der Waals surface area contributed by atoms with Gasteiger partial charge < -0.3 is 10.6 Å². The second-order valence-corrected chi connectivity index (χ2v) is 5.10. The van der Waals surface area contributed by atoms with E-state index in [-0.39, 0.29) is 11.9 Å². The lowest BCUT2D eigenvalue weighted by Gasteiger charge is -2.12. The second-order valence-electron chi connectivity index (χ2n) is 4.67. The summed E-state index contributed by atoms with van der Waals surface area (Å²) in [5.41, 5.74) is 1.43. The van der Waals surface area contributed by atoms with Crippen molar-refractivity contribution < 1.29 is 4.79 Å². The molecule has 5 heteroatoms. The van der Waals surface area contributed by atoms with Gasteiger partial charge in [0.05, 0.1) is 17.2 Å². The smallest absolute Gasteiger partial charge is 0.241 e. The van der Waals surface area contributed by atoms with Crippen LogP contribution in [0.4, 0.5) is 5.69 Å². The molecule has 0 radical (unpaired) electrons. The third-order valence-corrected chi connectivity index (χ3v) is 3.52. The van der Waals surface area contributed by atoms with Crippen molar-refractivity contribution >= 4 is 34.1 Å². The van der Waals surface area contributed by atoms with Crippen LogP contribution >= 0.6 is 11.6 Å². The Balaban J connectivity index is 1.93. The lowest BCUT2D eigenvalue weighted by atomic mass is 10.1. The summed E-state index contributed by atoms with van der Waals surface area (Å²) in [6.07, 6.45) is 3.62. The van der Waals surface area contributed by atoms with Gasteiger partial charge in [0.1, 0.15) is 0 Å². The molecule has 0 aliphatic carbocycles. The van der Waals surface area contributed by atoms with E-state index in [2.05, 4.69) is 15.6 Å². The van der Waals surface area contributed by atoms with Crippen LogP contribution in [0.5, 0.6) is 0 Å². The Morgan fingerprint density at radius 1 is 1.47 bits per heavy atom. The van der Waals surface area contributed by atoms with E-state index < -0.39 is 0 Å². The zero-order valence-corrected chi connectivity index (χ0v) is 11.1. The Labute approximate surface area is 116 Å². The number of carbonyl (C=O) groups is 1. The Morgan fingerprint density at radius 3 is 3.16 bits per heavy atom. The molecule has 19 heavy (non-hydrogen) atoms. The minimum absolute atomic E-state index is 0.0216. The van der Waals surface area contributed by atoms with E-state index >= 15 is 0 Å². The molecule has 1 aliphatic rings. The number of fused-ring (bicyclic) bond motifs is 1. The maximum atomic E-state index is 12.1. The fraction of sp³-hybridized carbons (Fsp3) is 0.286. The highest BCUT2D eigenvalue weighted by molar-refractivity contribution is 6.32. The number of carbonyl (C=O) groups excluding carboxylic acids is 1. The normalized spacial score (nSPS) is 18.7. The molecule has 1 aromatic heterocycles. The predicted octanol–water partition coefficient (Wildman–Crippen LogP) is 2.58. The summed E-state index contributed by atoms with van der Waals surface area (Å²) in [5.74, 6) is -0.0216. The molecule has 0 unspecified atom stereocenters. The highest BCUT2D eigenvalue weighted by Gasteiger charge is 2.22. The van der Waals surface area contributed by atoms with E-state index in [9.17, 15) is 4.79 Å². The second kappa shape index (κ2) is 5.15. The third kappa shape index (κ3) is 2.55. The van der Waals surface area contributed by atoms with Crippen LogP contribution in [0.25, 0.3) is 10.9 Å². The first-order chi connectivity index (χ1) is 9.24. The van der Waals surface area contributed by atoms with Crippen LogP contribution in [0, 0.1) is 0 Å². The average Bonchev–Trinajstić information content (AvgIpc) is 2.92. The molecule has 1 atom stereocenters. The Morgan fingerprint density at radius 2 is 2.37 bits per heavy atom. The van der Waals surface area contributed by atoms with Crippen LogP contribution in [0.1, 0.15) is 12.8 Å². The minimum Gasteiger partial charge on any atom is -0.323 e. The number of amides is 1. The van der Waals surface area contributed by atoms with Crippen molar-refractivity contribution in [1.29, 1.82) is 0 Å². The van der Waals surface area contributed by atoms with Gasteiger partial charge in [-0.1, -0.05) is 17.7 Å². The fourth-order valence-electron chi connectivity index (χ4n) is 2.38. The minimum atomic E-state index is -0.113. The molecule has 4 nitrogen and oxygen atoms in total. The summed E-state index contributed by atoms with van der Waals surface area (Å²) in [4.78, 5) is 16.4. The van der Waals surface area contributed by atoms with Crippen molar-refractivity contribution in [3.8, 4) is 0 Å². The number of pyridine rings is 1. The lowest BCUT2D eigenvalue weighted by molar-refractivity contribution is -0.117. The monoisotopic (exact) mass is 275 g/mol. The molecule has 2 N–H and O–H groups in total. The van der Waals surface area contributed by atoms with Gasteiger partial charge in [0.15, 0.2) is 0 Å². The highest BCUT2D eigenvalue weighted by Crippen LogP contribution is 2.26. The first-order valence-corrected chi connectivity index (χ1v) is 6.70. The molecular formula is C14H14ClN3O. The van der Waals surface area contributed by atoms with Gasteiger partial charge in [0, 0.05) is 16.6 Å². The molecule has 0 bridgehead atoms. The average molecular weight is 276 g/mol. The highest BCUT2D eigenvalue weighted by atomic mass is 35.5. The number of hydrogen-bond acceptors (Lipinski definition) is 3. The van der Waals surface area contributed by atoms with Gasteiger partial charge in [-0.25, -0.2) is 0 Å². The van der Waals surface area contributed by atoms with Crippen molar-refractivity contribution in [2.75, 3.05) is 11.9 Å². The van der Waals surface area contributed by atoms with Crippen molar-refractivity contribution in [1.82, 2.24) is 10.3 Å². The van der Waals surface area contributed by atoms with Gasteiger partial charge in [-0.3, -0.25) is 9.78 Å². The van der Waals surface area contributed by atoms with Crippen LogP contribution in [-0.2, 0) is 4.79 Å². The molecule has 1 fully saturated rings. The molecule has 98 valence electrons. The number of halogens is 1. The molecule has 1 aromatic carbocycles. The van der Waals surface area contributed by atoms with E-state index in [0.29, 0.717) is 10.7 Å². The van der Waals surface area contributed by atoms with Crippen LogP contribution in [0.2, 0.25) is 5.02 Å². The van der Waals surface area contributed by atoms with Crippen molar-refractivity contribution in [2.45, 2.75) is 18.9 Å². The molecule has 1 aliphatic heterocycles. The van der Waals surface area contributed by atoms with Gasteiger partial charge in [0.2, 0.25) is 5.91 Å². The zero-order valence-electron chi connectivity index (χ0n) is 10.3. The standard InChI is InChI=1S/C14H14ClN3O/c15-10-7-9-3-1-6-17-13(9)12(8-10)18-14(19)11-4-2-5-16-11/h1,3,6-8,11,16H,2,4-5H2,(H,18,19)/t11-/m0/s1. The number of anilines is 1. The van der Waals surface area contributed by atoms with Gasteiger partial charge in [-0.15, -0.1) is 0 Å². The van der Waals surface area contributed by atoms with E-state index in [1.807, 2.05) is 18.2 Å². The van der Waals surface area contributed by atoms with Gasteiger partial charge >= 0.3 is 0 Å². The largest absolute Gasteiger partial charge is 0.323 e. The fourth-order valence-corrected chi connectivity index (χ4v) is 2.61. The maximum Gasteiger partial charge on any atom is 0.241 e. The summed E-state index contributed by atoms with van der Waals surface area (Å²) in [6, 6.07) is 7.25. The molecule has 2 aromatic rings. The van der Waals surface area contributed by atoms with E-state index in [1.165, 1.54) is 0 Å². The van der Waals surface area contributed by atoms with Crippen LogP contribution in [-0.4, -0.2) is 23.5 Å². The van der Waals surface area contributed by atoms with E-state index in [4.69, 9.17) is 11.6 Å². The number of nitrogens with one attached hydrogen (secondary N) is 2. The first kappa shape index (κ1) is 12.4. The van der Waals surface area contributed by atoms with E-state index in [0.717, 1.165) is 30.3 Å². The zero-order chi connectivity index (χ0) is 13.2. The quantitative estimate of drug-likeness (QED) is 0.886. The van der Waals surface area contributed by atoms with Gasteiger partial charge in [-0.2, -0.15) is 0 Å². The summed E-state index contributed by atoms with van der Waals surface area (Å²) in [7, 11) is 0. The topological polar surface area (TPSA) is 54.0 Å². The summed E-state index contributed by atoms with van der Waals surface area (Å²) < 4.78 is 0. The number of nitrogens with zero attached hydrogens (tertiary/aromatic N) is 1. The molecule has 0 spiro atoms. The number of aromatic nitrogens is 1. The molecular weight excluding hydrogens is 262 g/mol. The maximum absolute atomic E-state index is 12.1. The number of rotatable bonds is 2. The predicted molar refractivity (Wildman–Crippen MR) is 76.4 cm³/mol. The van der Waals surface area contributed by atoms with Crippen LogP contribution in [0.3, 0.4) is 0 Å². The van der Waals surface area contributed by atoms with Crippen LogP contribution < -0.4 is 10.6 Å². The molecule has 1 saturated heterocycles. The van der Waals surface area contributed by atoms with Crippen LogP contribution in [0.15, 0.2) is 30.5 Å². The summed E-state index contributed by atoms with van der Waals surface area (Å²) >= 11 is 6.07. The molecule has 3 rings (SSSR count). The van der Waals surface area contributed by atoms with Crippen molar-refractivity contribution in [3.63, 3.8) is 0 Å². The molecule has 2 heterocycles. The van der Waals surface area contributed by atoms with E-state index in [1.54, 1.807) is 12.3 Å². The number of benzene rings is 1. The Hall–Kier alpha value is -1.65. The SMILES string of the molecule is O=C(Nc1cc(Cl)cc2cccnc12)[C@@H]1CCCN1. The van der Waals surface area contributed by atoms with Gasteiger partial charge in [-0.05, 0) is 37.6 Å². The Kier molecular flexibility index (Phi) is 3.36. The summed E-state index contributed by atoms with van der Waals surface area (Å²) in [6.45, 7) is 0.895. The van der Waals surface area contributed by atoms with Crippen molar-refractivity contribution in [3.05, 3.63) is 35.5 Å².